The average Bonchev–Trinajstić information content (AvgIpc) is 3.19. The second-order valence-electron chi connectivity index (χ2n) is 9.67. The number of methoxy groups -OCH3 is 2. The summed E-state index contributed by atoms with van der Waals surface area (Å²) in [4.78, 5) is 44.5. The molecule has 2 heterocycles. The van der Waals surface area contributed by atoms with Crippen LogP contribution >= 0.6 is 11.6 Å². The van der Waals surface area contributed by atoms with Crippen molar-refractivity contribution < 1.29 is 23.9 Å². The van der Waals surface area contributed by atoms with Crippen LogP contribution in [0.5, 0.6) is 11.5 Å². The van der Waals surface area contributed by atoms with Crippen molar-refractivity contribution >= 4 is 35.0 Å². The van der Waals surface area contributed by atoms with Gasteiger partial charge >= 0.3 is 0 Å². The van der Waals surface area contributed by atoms with Crippen LogP contribution in [-0.2, 0) is 20.8 Å². The summed E-state index contributed by atoms with van der Waals surface area (Å²) < 4.78 is 10.6. The van der Waals surface area contributed by atoms with Gasteiger partial charge in [0, 0.05) is 25.3 Å². The summed E-state index contributed by atoms with van der Waals surface area (Å²) in [6.45, 7) is 3.25. The zero-order valence-corrected chi connectivity index (χ0v) is 22.9. The number of ether oxygens (including phenoxy) is 2. The lowest BCUT2D eigenvalue weighted by molar-refractivity contribution is -0.139. The number of hydrogen-bond acceptors (Lipinski definition) is 6. The number of likely N-dealkylation sites (tertiary alicyclic amines) is 1. The first-order valence-electron chi connectivity index (χ1n) is 12.8. The van der Waals surface area contributed by atoms with Gasteiger partial charge in [-0.1, -0.05) is 24.3 Å². The van der Waals surface area contributed by atoms with Crippen LogP contribution in [0.4, 0.5) is 5.69 Å². The van der Waals surface area contributed by atoms with Crippen LogP contribution in [0.2, 0.25) is 0 Å². The monoisotopic (exact) mass is 542 g/mol. The molecular formula is C28H35ClN4O5. The summed E-state index contributed by atoms with van der Waals surface area (Å²) in [5, 5.41) is 2.33. The Morgan fingerprint density at radius 1 is 1.05 bits per heavy atom. The molecule has 2 aliphatic rings. The second kappa shape index (κ2) is 11.9. The van der Waals surface area contributed by atoms with Crippen LogP contribution in [-0.4, -0.2) is 85.5 Å². The van der Waals surface area contributed by atoms with E-state index in [1.165, 1.54) is 0 Å². The smallest absolute Gasteiger partial charge is 0.250 e. The van der Waals surface area contributed by atoms with E-state index in [4.69, 9.17) is 21.1 Å². The number of rotatable bonds is 9. The Balaban J connectivity index is 1.41. The van der Waals surface area contributed by atoms with Crippen LogP contribution in [0.15, 0.2) is 48.5 Å². The fourth-order valence-electron chi connectivity index (χ4n) is 5.28. The number of para-hydroxylation sites is 1. The van der Waals surface area contributed by atoms with E-state index < -0.39 is 10.9 Å². The van der Waals surface area contributed by atoms with E-state index in [0.717, 1.165) is 11.3 Å². The lowest BCUT2D eigenvalue weighted by Gasteiger charge is -2.43. The minimum absolute atomic E-state index is 0.0305. The molecule has 2 saturated heterocycles. The molecule has 9 nitrogen and oxygen atoms in total. The molecule has 1 atom stereocenters. The number of nitrogens with one attached hydrogen (secondary N) is 1. The molecule has 38 heavy (non-hydrogen) atoms. The number of carbonyl (C=O) groups is 3. The Bertz CT molecular complexity index is 1150. The van der Waals surface area contributed by atoms with Crippen molar-refractivity contribution in [2.24, 2.45) is 0 Å². The molecule has 1 N–H and O–H groups in total. The number of anilines is 1. The Hall–Kier alpha value is -3.46. The molecule has 2 aromatic carbocycles. The van der Waals surface area contributed by atoms with Crippen LogP contribution < -0.4 is 19.7 Å². The second-order valence-corrected chi connectivity index (χ2v) is 10.3. The Kier molecular flexibility index (Phi) is 8.66. The molecule has 2 fully saturated rings. The van der Waals surface area contributed by atoms with Gasteiger partial charge in [0.05, 0.1) is 20.9 Å². The van der Waals surface area contributed by atoms with Crippen LogP contribution in [0.3, 0.4) is 0 Å². The number of hydrogen-bond donors (Lipinski definition) is 1. The molecule has 204 valence electrons. The highest BCUT2D eigenvalue weighted by Crippen LogP contribution is 2.39. The van der Waals surface area contributed by atoms with Crippen molar-refractivity contribution in [3.63, 3.8) is 0 Å². The fourth-order valence-corrected chi connectivity index (χ4v) is 5.42. The van der Waals surface area contributed by atoms with Gasteiger partial charge in [-0.25, -0.2) is 0 Å². The third-order valence-corrected chi connectivity index (χ3v) is 7.53. The molecule has 2 aromatic rings. The minimum atomic E-state index is -0.798. The maximum Gasteiger partial charge on any atom is 0.250 e. The van der Waals surface area contributed by atoms with Crippen LogP contribution in [0, 0.1) is 0 Å². The van der Waals surface area contributed by atoms with Crippen molar-refractivity contribution in [2.45, 2.75) is 37.1 Å². The Morgan fingerprint density at radius 2 is 1.74 bits per heavy atom. The van der Waals surface area contributed by atoms with E-state index in [1.807, 2.05) is 48.5 Å². The number of piperidine rings is 1. The molecule has 0 bridgehead atoms. The van der Waals surface area contributed by atoms with Crippen molar-refractivity contribution in [2.75, 3.05) is 52.0 Å². The zero-order chi connectivity index (χ0) is 27.3. The van der Waals surface area contributed by atoms with Crippen molar-refractivity contribution in [1.29, 1.82) is 0 Å². The van der Waals surface area contributed by atoms with Gasteiger partial charge in [0.15, 0.2) is 11.5 Å². The highest BCUT2D eigenvalue weighted by molar-refractivity contribution is 6.30. The summed E-state index contributed by atoms with van der Waals surface area (Å²) in [7, 11) is 3.17. The van der Waals surface area contributed by atoms with Gasteiger partial charge in [0.1, 0.15) is 17.5 Å². The fraction of sp³-hybridized carbons (Fsp3) is 0.464. The van der Waals surface area contributed by atoms with Crippen molar-refractivity contribution in [1.82, 2.24) is 15.1 Å². The first-order chi connectivity index (χ1) is 18.3. The molecule has 1 spiro atoms. The first-order valence-corrected chi connectivity index (χ1v) is 13.2. The summed E-state index contributed by atoms with van der Waals surface area (Å²) in [5.74, 6) is 0.870. The van der Waals surface area contributed by atoms with E-state index in [-0.39, 0.29) is 24.3 Å². The minimum Gasteiger partial charge on any atom is -0.493 e. The predicted octanol–water partition coefficient (Wildman–Crippen LogP) is 2.66. The Labute approximate surface area is 228 Å². The first kappa shape index (κ1) is 27.6. The molecule has 1 unspecified atom stereocenters. The number of halogens is 1. The SMILES string of the molecule is COc1ccc(CCNC(=O)CN2CN(c3ccccc3)C3(CCN(C(=O)C(C)Cl)CC3)C2=O)cc1OC. The number of alkyl halides is 1. The highest BCUT2D eigenvalue weighted by atomic mass is 35.5. The molecule has 3 amide bonds. The topological polar surface area (TPSA) is 91.4 Å². The lowest BCUT2D eigenvalue weighted by atomic mass is 9.85. The van der Waals surface area contributed by atoms with Gasteiger partial charge in [-0.05, 0) is 56.0 Å². The van der Waals surface area contributed by atoms with Gasteiger partial charge < -0.3 is 29.5 Å². The standard InChI is InChI=1S/C28H35ClN4O5/c1-20(29)26(35)31-15-12-28(13-16-31)27(36)32(19-33(28)22-7-5-4-6-8-22)18-25(34)30-14-11-21-9-10-23(37-2)24(17-21)38-3/h4-10,17,20H,11-16,18-19H2,1-3H3,(H,30,34). The maximum atomic E-state index is 13.8. The largest absolute Gasteiger partial charge is 0.493 e. The molecule has 0 aromatic heterocycles. The van der Waals surface area contributed by atoms with Gasteiger partial charge in [-0.3, -0.25) is 14.4 Å². The normalized spacial score (nSPS) is 17.5. The lowest BCUT2D eigenvalue weighted by Crippen LogP contribution is -2.58. The van der Waals surface area contributed by atoms with Crippen molar-refractivity contribution in [3.8, 4) is 11.5 Å². The van der Waals surface area contributed by atoms with Gasteiger partial charge in [-0.15, -0.1) is 11.6 Å². The van der Waals surface area contributed by atoms with E-state index in [1.54, 1.807) is 30.9 Å². The van der Waals surface area contributed by atoms with E-state index >= 15 is 0 Å². The summed E-state index contributed by atoms with van der Waals surface area (Å²) in [6.07, 6.45) is 1.57. The van der Waals surface area contributed by atoms with E-state index in [9.17, 15) is 14.4 Å². The van der Waals surface area contributed by atoms with Crippen LogP contribution in [0.25, 0.3) is 0 Å². The highest BCUT2D eigenvalue weighted by Gasteiger charge is 2.54. The van der Waals surface area contributed by atoms with Gasteiger partial charge in [0.25, 0.3) is 5.91 Å². The van der Waals surface area contributed by atoms with E-state index in [0.29, 0.717) is 57.1 Å². The van der Waals surface area contributed by atoms with Gasteiger partial charge in [-0.2, -0.15) is 0 Å². The maximum absolute atomic E-state index is 13.8. The van der Waals surface area contributed by atoms with Crippen molar-refractivity contribution in [3.05, 3.63) is 54.1 Å². The molecule has 2 aliphatic heterocycles. The number of nitrogens with zero attached hydrogens (tertiary/aromatic N) is 3. The number of amides is 3. The molecule has 10 heteroatoms. The third kappa shape index (κ3) is 5.67. The third-order valence-electron chi connectivity index (χ3n) is 7.34. The van der Waals surface area contributed by atoms with Crippen LogP contribution in [0.1, 0.15) is 25.3 Å². The quantitative estimate of drug-likeness (QED) is 0.490. The number of benzene rings is 2. The number of carbonyl (C=O) groups excluding carboxylic acids is 3. The molecule has 0 radical (unpaired) electrons. The average molecular weight is 543 g/mol. The molecular weight excluding hydrogens is 508 g/mol. The predicted molar refractivity (Wildman–Crippen MR) is 146 cm³/mol. The van der Waals surface area contributed by atoms with Gasteiger partial charge in [0.2, 0.25) is 11.8 Å². The molecule has 0 aliphatic carbocycles. The Morgan fingerprint density at radius 3 is 2.37 bits per heavy atom. The zero-order valence-electron chi connectivity index (χ0n) is 22.1. The van der Waals surface area contributed by atoms with E-state index in [2.05, 4.69) is 10.2 Å². The summed E-state index contributed by atoms with van der Waals surface area (Å²) in [5.41, 5.74) is 1.12. The summed E-state index contributed by atoms with van der Waals surface area (Å²) >= 11 is 6.02. The molecule has 0 saturated carbocycles. The summed E-state index contributed by atoms with van der Waals surface area (Å²) in [6, 6.07) is 15.4. The molecule has 4 rings (SSSR count).